The molecule has 2 rings (SSSR count). The van der Waals surface area contributed by atoms with Crippen molar-refractivity contribution in [1.29, 1.82) is 0 Å². The Balaban J connectivity index is 1.78. The van der Waals surface area contributed by atoms with E-state index in [4.69, 9.17) is 9.47 Å². The van der Waals surface area contributed by atoms with Crippen molar-refractivity contribution in [2.75, 3.05) is 20.3 Å². The number of rotatable bonds is 8. The summed E-state index contributed by atoms with van der Waals surface area (Å²) in [6.45, 7) is 2.33. The predicted octanol–water partition coefficient (Wildman–Crippen LogP) is 1.97. The number of nitrogens with one attached hydrogen (secondary N) is 2. The second-order valence-corrected chi connectivity index (χ2v) is 5.21. The van der Waals surface area contributed by atoms with Gasteiger partial charge in [0.05, 0.1) is 26.5 Å². The number of hydrogen-bond donors (Lipinski definition) is 2. The third-order valence-corrected chi connectivity index (χ3v) is 3.34. The summed E-state index contributed by atoms with van der Waals surface area (Å²) in [6.07, 6.45) is 1.51. The van der Waals surface area contributed by atoms with E-state index in [9.17, 15) is 9.59 Å². The van der Waals surface area contributed by atoms with Gasteiger partial charge in [0.25, 0.3) is 11.8 Å². The number of carbonyl (C=O) groups is 2. The first-order chi connectivity index (χ1) is 12.6. The van der Waals surface area contributed by atoms with Crippen LogP contribution in [0.2, 0.25) is 0 Å². The molecule has 0 saturated carbocycles. The summed E-state index contributed by atoms with van der Waals surface area (Å²) in [5.74, 6) is 0.550. The predicted molar refractivity (Wildman–Crippen MR) is 98.7 cm³/mol. The minimum absolute atomic E-state index is 0.184. The first-order valence-corrected chi connectivity index (χ1v) is 8.09. The maximum absolute atomic E-state index is 12.0. The monoisotopic (exact) mass is 355 g/mol. The summed E-state index contributed by atoms with van der Waals surface area (Å²) in [6, 6.07) is 14.0. The largest absolute Gasteiger partial charge is 0.497 e. The first kappa shape index (κ1) is 19.0. The molecule has 0 spiro atoms. The van der Waals surface area contributed by atoms with Crippen LogP contribution in [0.4, 0.5) is 0 Å². The Hall–Kier alpha value is -3.35. The average molecular weight is 355 g/mol. The van der Waals surface area contributed by atoms with Crippen molar-refractivity contribution in [3.05, 3.63) is 59.7 Å². The molecule has 0 aliphatic carbocycles. The summed E-state index contributed by atoms with van der Waals surface area (Å²) >= 11 is 0. The van der Waals surface area contributed by atoms with Crippen LogP contribution in [0.5, 0.6) is 11.5 Å². The van der Waals surface area contributed by atoms with E-state index in [1.807, 2.05) is 31.2 Å². The van der Waals surface area contributed by atoms with Crippen molar-refractivity contribution in [2.45, 2.75) is 6.92 Å². The average Bonchev–Trinajstić information content (AvgIpc) is 2.67. The summed E-state index contributed by atoms with van der Waals surface area (Å²) < 4.78 is 10.4. The van der Waals surface area contributed by atoms with Gasteiger partial charge in [-0.1, -0.05) is 6.07 Å². The molecule has 0 aliphatic heterocycles. The molecule has 0 bridgehead atoms. The normalized spacial score (nSPS) is 10.4. The second kappa shape index (κ2) is 9.83. The number of hydrogen-bond acceptors (Lipinski definition) is 5. The quantitative estimate of drug-likeness (QED) is 0.560. The Morgan fingerprint density at radius 1 is 1.12 bits per heavy atom. The fourth-order valence-electron chi connectivity index (χ4n) is 2.06. The standard InChI is InChI=1S/C19H21N3O4/c1-3-26-16-9-7-14(8-10-16)12-21-22-18(23)13-20-19(24)15-5-4-6-17(11-15)25-2/h4-12H,3,13H2,1-2H3,(H,20,24)(H,22,23)/b21-12-. The van der Waals surface area contributed by atoms with Crippen LogP contribution in [-0.4, -0.2) is 38.3 Å². The van der Waals surface area contributed by atoms with E-state index in [0.29, 0.717) is 17.9 Å². The molecule has 2 aromatic rings. The van der Waals surface area contributed by atoms with Gasteiger partial charge in [0.1, 0.15) is 11.5 Å². The van der Waals surface area contributed by atoms with Crippen molar-refractivity contribution in [3.63, 3.8) is 0 Å². The molecule has 2 aromatic carbocycles. The lowest BCUT2D eigenvalue weighted by molar-refractivity contribution is -0.120. The fourth-order valence-corrected chi connectivity index (χ4v) is 2.06. The van der Waals surface area contributed by atoms with Gasteiger partial charge in [-0.2, -0.15) is 5.10 Å². The molecule has 2 N–H and O–H groups in total. The topological polar surface area (TPSA) is 89.0 Å². The summed E-state index contributed by atoms with van der Waals surface area (Å²) in [7, 11) is 1.52. The highest BCUT2D eigenvalue weighted by atomic mass is 16.5. The molecule has 0 aromatic heterocycles. The van der Waals surface area contributed by atoms with Crippen molar-refractivity contribution >= 4 is 18.0 Å². The molecular formula is C19H21N3O4. The van der Waals surface area contributed by atoms with Crippen LogP contribution < -0.4 is 20.2 Å². The zero-order valence-corrected chi connectivity index (χ0v) is 14.7. The van der Waals surface area contributed by atoms with Gasteiger partial charge in [-0.15, -0.1) is 0 Å². The van der Waals surface area contributed by atoms with E-state index in [-0.39, 0.29) is 12.5 Å². The van der Waals surface area contributed by atoms with Gasteiger partial charge in [-0.25, -0.2) is 5.43 Å². The van der Waals surface area contributed by atoms with Crippen LogP contribution in [0.3, 0.4) is 0 Å². The summed E-state index contributed by atoms with van der Waals surface area (Å²) in [5.41, 5.74) is 3.59. The third-order valence-electron chi connectivity index (χ3n) is 3.34. The van der Waals surface area contributed by atoms with Crippen LogP contribution in [0.15, 0.2) is 53.6 Å². The zero-order chi connectivity index (χ0) is 18.8. The zero-order valence-electron chi connectivity index (χ0n) is 14.7. The molecule has 0 saturated heterocycles. The third kappa shape index (κ3) is 5.94. The number of benzene rings is 2. The molecular weight excluding hydrogens is 334 g/mol. The molecule has 0 atom stereocenters. The molecule has 136 valence electrons. The molecule has 2 amide bonds. The number of methoxy groups -OCH3 is 1. The summed E-state index contributed by atoms with van der Waals surface area (Å²) in [4.78, 5) is 23.7. The molecule has 0 aliphatic rings. The lowest BCUT2D eigenvalue weighted by Gasteiger charge is -2.06. The maximum atomic E-state index is 12.0. The molecule has 7 heteroatoms. The number of amides is 2. The van der Waals surface area contributed by atoms with Gasteiger partial charge in [-0.3, -0.25) is 9.59 Å². The Bertz CT molecular complexity index is 773. The number of carbonyl (C=O) groups excluding carboxylic acids is 2. The van der Waals surface area contributed by atoms with Gasteiger partial charge in [-0.05, 0) is 55.0 Å². The molecule has 7 nitrogen and oxygen atoms in total. The molecule has 0 heterocycles. The molecule has 0 radical (unpaired) electrons. The van der Waals surface area contributed by atoms with Crippen LogP contribution in [0.1, 0.15) is 22.8 Å². The van der Waals surface area contributed by atoms with Crippen molar-refractivity contribution in [2.24, 2.45) is 5.10 Å². The number of ether oxygens (including phenoxy) is 2. The number of nitrogens with zero attached hydrogens (tertiary/aromatic N) is 1. The minimum atomic E-state index is -0.427. The SMILES string of the molecule is CCOc1ccc(/C=N\NC(=O)CNC(=O)c2cccc(OC)c2)cc1. The van der Waals surface area contributed by atoms with Gasteiger partial charge < -0.3 is 14.8 Å². The van der Waals surface area contributed by atoms with E-state index in [1.165, 1.54) is 13.3 Å². The van der Waals surface area contributed by atoms with E-state index >= 15 is 0 Å². The lowest BCUT2D eigenvalue weighted by Crippen LogP contribution is -2.34. The van der Waals surface area contributed by atoms with Crippen molar-refractivity contribution < 1.29 is 19.1 Å². The molecule has 0 unspecified atom stereocenters. The Labute approximate surface area is 152 Å². The highest BCUT2D eigenvalue weighted by molar-refractivity contribution is 5.96. The Kier molecular flexibility index (Phi) is 7.17. The van der Waals surface area contributed by atoms with Gasteiger partial charge in [0, 0.05) is 5.56 Å². The number of hydrazone groups is 1. The maximum Gasteiger partial charge on any atom is 0.259 e. The van der Waals surface area contributed by atoms with Gasteiger partial charge >= 0.3 is 0 Å². The highest BCUT2D eigenvalue weighted by Crippen LogP contribution is 2.12. The smallest absolute Gasteiger partial charge is 0.259 e. The van der Waals surface area contributed by atoms with Gasteiger partial charge in [0.2, 0.25) is 0 Å². The first-order valence-electron chi connectivity index (χ1n) is 8.09. The lowest BCUT2D eigenvalue weighted by atomic mass is 10.2. The van der Waals surface area contributed by atoms with Crippen LogP contribution in [-0.2, 0) is 4.79 Å². The van der Waals surface area contributed by atoms with E-state index < -0.39 is 5.91 Å². The van der Waals surface area contributed by atoms with Crippen molar-refractivity contribution in [1.82, 2.24) is 10.7 Å². The van der Waals surface area contributed by atoms with E-state index in [1.54, 1.807) is 24.3 Å². The van der Waals surface area contributed by atoms with Crippen LogP contribution in [0.25, 0.3) is 0 Å². The van der Waals surface area contributed by atoms with E-state index in [2.05, 4.69) is 15.8 Å². The van der Waals surface area contributed by atoms with Crippen LogP contribution in [0, 0.1) is 0 Å². The fraction of sp³-hybridized carbons (Fsp3) is 0.211. The van der Waals surface area contributed by atoms with Crippen LogP contribution >= 0.6 is 0 Å². The summed E-state index contributed by atoms with van der Waals surface area (Å²) in [5, 5.41) is 6.38. The van der Waals surface area contributed by atoms with E-state index in [0.717, 1.165) is 11.3 Å². The Morgan fingerprint density at radius 3 is 2.58 bits per heavy atom. The Morgan fingerprint density at radius 2 is 1.88 bits per heavy atom. The minimum Gasteiger partial charge on any atom is -0.497 e. The van der Waals surface area contributed by atoms with Crippen molar-refractivity contribution in [3.8, 4) is 11.5 Å². The highest BCUT2D eigenvalue weighted by Gasteiger charge is 2.08. The van der Waals surface area contributed by atoms with Gasteiger partial charge in [0.15, 0.2) is 0 Å². The molecule has 0 fully saturated rings. The second-order valence-electron chi connectivity index (χ2n) is 5.21. The molecule has 26 heavy (non-hydrogen) atoms.